The molecule has 23 heavy (non-hydrogen) atoms. The highest BCUT2D eigenvalue weighted by molar-refractivity contribution is 6.31. The van der Waals surface area contributed by atoms with Crippen LogP contribution in [0.2, 0.25) is 5.02 Å². The Morgan fingerprint density at radius 3 is 2.91 bits per heavy atom. The number of pyridine rings is 2. The third-order valence-electron chi connectivity index (χ3n) is 3.98. The van der Waals surface area contributed by atoms with Crippen molar-refractivity contribution in [1.82, 2.24) is 14.9 Å². The van der Waals surface area contributed by atoms with Gasteiger partial charge in [0.1, 0.15) is 18.1 Å². The maximum Gasteiger partial charge on any atom is 0.272 e. The Balaban J connectivity index is 1.78. The topological polar surface area (TPSA) is 55.3 Å². The molecule has 1 aliphatic rings. The van der Waals surface area contributed by atoms with Crippen LogP contribution in [0.15, 0.2) is 30.7 Å². The molecule has 0 N–H and O–H groups in total. The van der Waals surface area contributed by atoms with Crippen molar-refractivity contribution in [3.05, 3.63) is 52.6 Å². The molecule has 1 amide bonds. The molecule has 0 aromatic carbocycles. The minimum atomic E-state index is -0.0253. The van der Waals surface area contributed by atoms with E-state index in [1.807, 2.05) is 24.0 Å². The Kier molecular flexibility index (Phi) is 4.76. The predicted molar refractivity (Wildman–Crippen MR) is 87.7 cm³/mol. The normalized spacial score (nSPS) is 14.1. The first-order valence-electron chi connectivity index (χ1n) is 7.63. The van der Waals surface area contributed by atoms with Crippen molar-refractivity contribution >= 4 is 17.5 Å². The molecule has 0 bridgehead atoms. The van der Waals surface area contributed by atoms with Crippen LogP contribution in [0.5, 0.6) is 5.75 Å². The highest BCUT2D eigenvalue weighted by Gasteiger charge is 2.23. The number of carbonyl (C=O) groups excluding carboxylic acids is 1. The molecule has 2 aromatic rings. The summed E-state index contributed by atoms with van der Waals surface area (Å²) in [6.07, 6.45) is 6.95. The molecule has 2 aromatic heterocycles. The second-order valence-electron chi connectivity index (χ2n) is 5.54. The molecule has 0 radical (unpaired) electrons. The van der Waals surface area contributed by atoms with E-state index in [9.17, 15) is 4.79 Å². The lowest BCUT2D eigenvalue weighted by Gasteiger charge is -2.17. The molecule has 5 nitrogen and oxygen atoms in total. The lowest BCUT2D eigenvalue weighted by molar-refractivity contribution is 0.0784. The summed E-state index contributed by atoms with van der Waals surface area (Å²) < 4.78 is 5.80. The number of hydrogen-bond acceptors (Lipinski definition) is 4. The highest BCUT2D eigenvalue weighted by atomic mass is 35.5. The van der Waals surface area contributed by atoms with E-state index < -0.39 is 0 Å². The van der Waals surface area contributed by atoms with Crippen molar-refractivity contribution in [2.24, 2.45) is 0 Å². The second-order valence-corrected chi connectivity index (χ2v) is 5.95. The number of halogens is 1. The summed E-state index contributed by atoms with van der Waals surface area (Å²) in [4.78, 5) is 22.7. The van der Waals surface area contributed by atoms with E-state index in [4.69, 9.17) is 16.3 Å². The number of aromatic nitrogens is 2. The predicted octanol–water partition coefficient (Wildman–Crippen LogP) is 3.25. The van der Waals surface area contributed by atoms with E-state index in [0.29, 0.717) is 16.5 Å². The van der Waals surface area contributed by atoms with E-state index in [-0.39, 0.29) is 12.5 Å². The summed E-state index contributed by atoms with van der Waals surface area (Å²) in [5.74, 6) is 0.587. The smallest absolute Gasteiger partial charge is 0.272 e. The first kappa shape index (κ1) is 15.7. The maximum absolute atomic E-state index is 12.6. The summed E-state index contributed by atoms with van der Waals surface area (Å²) in [6, 6.07) is 3.67. The highest BCUT2D eigenvalue weighted by Crippen LogP contribution is 2.25. The number of nitrogens with zero attached hydrogens (tertiary/aromatic N) is 3. The van der Waals surface area contributed by atoms with Crippen molar-refractivity contribution in [3.8, 4) is 5.75 Å². The summed E-state index contributed by atoms with van der Waals surface area (Å²) >= 11 is 6.05. The largest absolute Gasteiger partial charge is 0.487 e. The van der Waals surface area contributed by atoms with Gasteiger partial charge < -0.3 is 9.64 Å². The Morgan fingerprint density at radius 1 is 1.35 bits per heavy atom. The fourth-order valence-electron chi connectivity index (χ4n) is 2.60. The Morgan fingerprint density at radius 2 is 2.13 bits per heavy atom. The van der Waals surface area contributed by atoms with Crippen molar-refractivity contribution < 1.29 is 9.53 Å². The summed E-state index contributed by atoms with van der Waals surface area (Å²) in [5, 5.41) is 0.557. The van der Waals surface area contributed by atoms with Gasteiger partial charge in [-0.1, -0.05) is 17.7 Å². The van der Waals surface area contributed by atoms with E-state index >= 15 is 0 Å². The first-order chi connectivity index (χ1) is 11.2. The molecular weight excluding hydrogens is 314 g/mol. The zero-order chi connectivity index (χ0) is 16.2. The van der Waals surface area contributed by atoms with Crippen LogP contribution in [0.1, 0.15) is 34.5 Å². The molecule has 0 spiro atoms. The average molecular weight is 332 g/mol. The minimum absolute atomic E-state index is 0.0253. The third kappa shape index (κ3) is 3.45. The molecule has 1 fully saturated rings. The van der Waals surface area contributed by atoms with Gasteiger partial charge in [-0.2, -0.15) is 0 Å². The van der Waals surface area contributed by atoms with Crippen LogP contribution >= 0.6 is 11.6 Å². The monoisotopic (exact) mass is 331 g/mol. The van der Waals surface area contributed by atoms with E-state index in [2.05, 4.69) is 9.97 Å². The van der Waals surface area contributed by atoms with Crippen LogP contribution in [-0.4, -0.2) is 33.9 Å². The van der Waals surface area contributed by atoms with Gasteiger partial charge in [0, 0.05) is 36.6 Å². The van der Waals surface area contributed by atoms with Crippen LogP contribution in [-0.2, 0) is 6.61 Å². The van der Waals surface area contributed by atoms with Gasteiger partial charge in [-0.05, 0) is 25.8 Å². The molecule has 120 valence electrons. The van der Waals surface area contributed by atoms with Crippen molar-refractivity contribution in [2.45, 2.75) is 26.4 Å². The summed E-state index contributed by atoms with van der Waals surface area (Å²) in [6.45, 7) is 3.73. The molecule has 1 saturated heterocycles. The Hall–Kier alpha value is -2.14. The molecule has 0 atom stereocenters. The van der Waals surface area contributed by atoms with Gasteiger partial charge in [-0.25, -0.2) is 0 Å². The van der Waals surface area contributed by atoms with Gasteiger partial charge in [0.15, 0.2) is 0 Å². The van der Waals surface area contributed by atoms with E-state index in [1.54, 1.807) is 18.6 Å². The zero-order valence-corrected chi connectivity index (χ0v) is 13.7. The van der Waals surface area contributed by atoms with Gasteiger partial charge >= 0.3 is 0 Å². The molecule has 6 heteroatoms. The van der Waals surface area contributed by atoms with Gasteiger partial charge in [0.05, 0.1) is 11.2 Å². The van der Waals surface area contributed by atoms with Gasteiger partial charge in [0.25, 0.3) is 5.91 Å². The van der Waals surface area contributed by atoms with Gasteiger partial charge in [-0.15, -0.1) is 0 Å². The number of rotatable bonds is 4. The van der Waals surface area contributed by atoms with Crippen molar-refractivity contribution in [2.75, 3.05) is 13.1 Å². The van der Waals surface area contributed by atoms with Crippen molar-refractivity contribution in [1.29, 1.82) is 0 Å². The first-order valence-corrected chi connectivity index (χ1v) is 8.00. The Labute approximate surface area is 140 Å². The number of likely N-dealkylation sites (tertiary alicyclic amines) is 1. The van der Waals surface area contributed by atoms with Crippen LogP contribution in [0.4, 0.5) is 0 Å². The van der Waals surface area contributed by atoms with Crippen LogP contribution < -0.4 is 4.74 Å². The standard InChI is InChI=1S/C17H18ClN3O2/c1-12-14(18)9-19-10-15(12)23-11-13-5-4-6-20-16(13)17(22)21-7-2-3-8-21/h4-6,9-10H,2-3,7-8,11H2,1H3. The fraction of sp³-hybridized carbons (Fsp3) is 0.353. The quantitative estimate of drug-likeness (QED) is 0.863. The lowest BCUT2D eigenvalue weighted by Crippen LogP contribution is -2.29. The fourth-order valence-corrected chi connectivity index (χ4v) is 2.75. The molecule has 3 rings (SSSR count). The summed E-state index contributed by atoms with van der Waals surface area (Å²) in [5.41, 5.74) is 2.06. The van der Waals surface area contributed by atoms with Crippen LogP contribution in [0, 0.1) is 6.92 Å². The molecule has 0 saturated carbocycles. The summed E-state index contributed by atoms with van der Waals surface area (Å²) in [7, 11) is 0. The molecule has 0 aliphatic carbocycles. The zero-order valence-electron chi connectivity index (χ0n) is 13.0. The van der Waals surface area contributed by atoms with E-state index in [1.165, 1.54) is 0 Å². The van der Waals surface area contributed by atoms with Gasteiger partial charge in [0.2, 0.25) is 0 Å². The number of ether oxygens (including phenoxy) is 1. The number of hydrogen-bond donors (Lipinski definition) is 0. The molecule has 0 unspecified atom stereocenters. The second kappa shape index (κ2) is 6.96. The van der Waals surface area contributed by atoms with E-state index in [0.717, 1.165) is 37.1 Å². The average Bonchev–Trinajstić information content (AvgIpc) is 3.10. The third-order valence-corrected chi connectivity index (χ3v) is 4.36. The number of amides is 1. The van der Waals surface area contributed by atoms with Crippen LogP contribution in [0.25, 0.3) is 0 Å². The molecule has 3 heterocycles. The SMILES string of the molecule is Cc1c(Cl)cncc1OCc1cccnc1C(=O)N1CCCC1. The molecular formula is C17H18ClN3O2. The van der Waals surface area contributed by atoms with Crippen molar-refractivity contribution in [3.63, 3.8) is 0 Å². The van der Waals surface area contributed by atoms with Crippen LogP contribution in [0.3, 0.4) is 0 Å². The van der Waals surface area contributed by atoms with Gasteiger partial charge in [-0.3, -0.25) is 14.8 Å². The lowest BCUT2D eigenvalue weighted by atomic mass is 10.2. The maximum atomic E-state index is 12.6. The molecule has 1 aliphatic heterocycles. The Bertz CT molecular complexity index is 715. The minimum Gasteiger partial charge on any atom is -0.487 e. The number of carbonyl (C=O) groups is 1.